The number of nitrogens with zero attached hydrogens (tertiary/aromatic N) is 6. The highest BCUT2D eigenvalue weighted by molar-refractivity contribution is 5.96. The van der Waals surface area contributed by atoms with Crippen molar-refractivity contribution in [2.75, 3.05) is 12.8 Å². The summed E-state index contributed by atoms with van der Waals surface area (Å²) in [5.74, 6) is 6.01. The minimum atomic E-state index is -0.705. The van der Waals surface area contributed by atoms with Gasteiger partial charge in [-0.1, -0.05) is 36.1 Å². The lowest BCUT2D eigenvalue weighted by molar-refractivity contribution is 0.0933. The Morgan fingerprint density at radius 1 is 1.08 bits per heavy atom. The Labute approximate surface area is 223 Å². The lowest BCUT2D eigenvalue weighted by Gasteiger charge is -2.20. The summed E-state index contributed by atoms with van der Waals surface area (Å²) >= 11 is 0. The molecule has 1 amide bonds. The Morgan fingerprint density at radius 3 is 2.56 bits per heavy atom. The van der Waals surface area contributed by atoms with Crippen molar-refractivity contribution in [2.45, 2.75) is 13.0 Å². The first kappa shape index (κ1) is 25.2. The summed E-state index contributed by atoms with van der Waals surface area (Å²) < 4.78 is 8.14. The second-order valence-electron chi connectivity index (χ2n) is 8.64. The molecule has 0 saturated carbocycles. The number of nitrogens with one attached hydrogen (secondary N) is 1. The Bertz CT molecular complexity index is 1820. The summed E-state index contributed by atoms with van der Waals surface area (Å²) in [4.78, 5) is 40.0. The number of hydrogen-bond donors (Lipinski definition) is 2. The Morgan fingerprint density at radius 2 is 1.87 bits per heavy atom. The number of anilines is 1. The number of carbonyl (C=O) groups excluding carboxylic acids is 1. The molecule has 0 saturated heterocycles. The van der Waals surface area contributed by atoms with Crippen molar-refractivity contribution in [3.63, 3.8) is 0 Å². The van der Waals surface area contributed by atoms with Gasteiger partial charge in [0.1, 0.15) is 5.82 Å². The number of para-hydroxylation sites is 1. The van der Waals surface area contributed by atoms with Crippen LogP contribution in [0.25, 0.3) is 16.6 Å². The number of nitrogens with two attached hydrogens (primary N) is 1. The van der Waals surface area contributed by atoms with Crippen molar-refractivity contribution in [3.05, 3.63) is 100 Å². The minimum absolute atomic E-state index is 0.0648. The molecular weight excluding hydrogens is 496 g/mol. The van der Waals surface area contributed by atoms with Gasteiger partial charge >= 0.3 is 0 Å². The Hall–Kier alpha value is -5.50. The zero-order valence-corrected chi connectivity index (χ0v) is 21.4. The molecule has 2 aromatic carbocycles. The fraction of sp³-hybridized carbons (Fsp3) is 0.143. The summed E-state index contributed by atoms with van der Waals surface area (Å²) in [6, 6.07) is 13.7. The highest BCUT2D eigenvalue weighted by Crippen LogP contribution is 2.21. The molecule has 0 unspecified atom stereocenters. The summed E-state index contributed by atoms with van der Waals surface area (Å²) in [6.45, 7) is 1.73. The summed E-state index contributed by atoms with van der Waals surface area (Å²) in [6.07, 6.45) is 4.75. The third-order valence-electron chi connectivity index (χ3n) is 5.92. The van der Waals surface area contributed by atoms with Crippen molar-refractivity contribution >= 4 is 22.6 Å². The number of nitrogen functional groups attached to an aromatic ring is 1. The molecular formula is C28H24N8O3. The second-order valence-corrected chi connectivity index (χ2v) is 8.64. The first-order valence-electron chi connectivity index (χ1n) is 11.9. The van der Waals surface area contributed by atoms with Gasteiger partial charge in [0.2, 0.25) is 5.88 Å². The number of benzene rings is 2. The van der Waals surface area contributed by atoms with Crippen molar-refractivity contribution in [1.29, 1.82) is 0 Å². The molecule has 3 N–H and O–H groups in total. The molecule has 0 spiro atoms. The smallest absolute Gasteiger partial charge is 0.274 e. The molecule has 0 bridgehead atoms. The maximum Gasteiger partial charge on any atom is 0.274 e. The number of methoxy groups -OCH3 is 1. The average Bonchev–Trinajstić information content (AvgIpc) is 3.36. The molecule has 5 rings (SSSR count). The molecule has 5 aromatic rings. The fourth-order valence-electron chi connectivity index (χ4n) is 4.08. The highest BCUT2D eigenvalue weighted by Gasteiger charge is 2.23. The maximum atomic E-state index is 14.0. The quantitative estimate of drug-likeness (QED) is 0.336. The zero-order chi connectivity index (χ0) is 27.5. The first-order valence-corrected chi connectivity index (χ1v) is 11.9. The van der Waals surface area contributed by atoms with Gasteiger partial charge < -0.3 is 15.8 Å². The van der Waals surface area contributed by atoms with E-state index in [0.717, 1.165) is 5.56 Å². The topological polar surface area (TPSA) is 143 Å². The number of fused-ring (bicyclic) bond motifs is 1. The van der Waals surface area contributed by atoms with Crippen LogP contribution in [0.1, 0.15) is 40.4 Å². The van der Waals surface area contributed by atoms with E-state index < -0.39 is 11.9 Å². The molecule has 0 aliphatic heterocycles. The predicted octanol–water partition coefficient (Wildman–Crippen LogP) is 2.39. The fourth-order valence-corrected chi connectivity index (χ4v) is 4.08. The number of hydrogen-bond acceptors (Lipinski definition) is 8. The van der Waals surface area contributed by atoms with E-state index in [1.54, 1.807) is 54.3 Å². The van der Waals surface area contributed by atoms with Crippen molar-refractivity contribution in [2.24, 2.45) is 7.05 Å². The number of carbonyl (C=O) groups is 1. The molecule has 0 aliphatic rings. The van der Waals surface area contributed by atoms with Crippen LogP contribution in [-0.4, -0.2) is 42.3 Å². The van der Waals surface area contributed by atoms with Gasteiger partial charge in [-0.05, 0) is 31.2 Å². The van der Waals surface area contributed by atoms with Gasteiger partial charge in [0.15, 0.2) is 11.5 Å². The zero-order valence-electron chi connectivity index (χ0n) is 21.4. The van der Waals surface area contributed by atoms with Gasteiger partial charge in [0, 0.05) is 18.8 Å². The van der Waals surface area contributed by atoms with Crippen LogP contribution in [0, 0.1) is 11.8 Å². The van der Waals surface area contributed by atoms with Crippen LogP contribution in [-0.2, 0) is 7.05 Å². The normalized spacial score (nSPS) is 11.5. The van der Waals surface area contributed by atoms with Gasteiger partial charge in [0.25, 0.3) is 11.5 Å². The number of aromatic nitrogens is 6. The first-order chi connectivity index (χ1) is 18.9. The van der Waals surface area contributed by atoms with Gasteiger partial charge in [-0.3, -0.25) is 18.8 Å². The molecule has 11 heteroatoms. The third-order valence-corrected chi connectivity index (χ3v) is 5.92. The second kappa shape index (κ2) is 10.5. The third kappa shape index (κ3) is 5.03. The molecule has 3 heterocycles. The van der Waals surface area contributed by atoms with Crippen molar-refractivity contribution in [1.82, 2.24) is 34.6 Å². The summed E-state index contributed by atoms with van der Waals surface area (Å²) in [5.41, 5.74) is 7.83. The van der Waals surface area contributed by atoms with Crippen LogP contribution in [0.2, 0.25) is 0 Å². The summed E-state index contributed by atoms with van der Waals surface area (Å²) in [7, 11) is 3.23. The van der Waals surface area contributed by atoms with Gasteiger partial charge in [-0.15, -0.1) is 0 Å². The van der Waals surface area contributed by atoms with E-state index >= 15 is 0 Å². The number of rotatable bonds is 5. The van der Waals surface area contributed by atoms with E-state index in [1.807, 2.05) is 25.2 Å². The summed E-state index contributed by atoms with van der Waals surface area (Å²) in [5, 5.41) is 7.33. The van der Waals surface area contributed by atoms with Gasteiger partial charge in [-0.25, -0.2) is 9.97 Å². The van der Waals surface area contributed by atoms with Crippen LogP contribution < -0.4 is 21.3 Å². The molecule has 1 atom stereocenters. The minimum Gasteiger partial charge on any atom is -0.480 e. The van der Waals surface area contributed by atoms with Crippen molar-refractivity contribution < 1.29 is 9.53 Å². The molecule has 0 aliphatic carbocycles. The molecule has 3 aromatic heterocycles. The lowest BCUT2D eigenvalue weighted by Crippen LogP contribution is -2.34. The number of aryl methyl sites for hydroxylation is 1. The van der Waals surface area contributed by atoms with Gasteiger partial charge in [-0.2, -0.15) is 10.1 Å². The van der Waals surface area contributed by atoms with Crippen LogP contribution in [0.3, 0.4) is 0 Å². The molecule has 0 fully saturated rings. The Kier molecular flexibility index (Phi) is 6.75. The highest BCUT2D eigenvalue weighted by atomic mass is 16.5. The monoisotopic (exact) mass is 520 g/mol. The van der Waals surface area contributed by atoms with E-state index in [4.69, 9.17) is 15.5 Å². The Balaban J connectivity index is 1.62. The van der Waals surface area contributed by atoms with Crippen LogP contribution in [0.4, 0.5) is 5.82 Å². The van der Waals surface area contributed by atoms with E-state index in [9.17, 15) is 9.59 Å². The van der Waals surface area contributed by atoms with E-state index in [2.05, 4.69) is 32.2 Å². The lowest BCUT2D eigenvalue weighted by atomic mass is 10.1. The molecule has 0 radical (unpaired) electrons. The van der Waals surface area contributed by atoms with Crippen LogP contribution in [0.15, 0.2) is 71.9 Å². The van der Waals surface area contributed by atoms with Crippen LogP contribution in [0.5, 0.6) is 5.88 Å². The van der Waals surface area contributed by atoms with E-state index in [0.29, 0.717) is 28.0 Å². The van der Waals surface area contributed by atoms with Crippen LogP contribution >= 0.6 is 0 Å². The van der Waals surface area contributed by atoms with Gasteiger partial charge in [0.05, 0.1) is 47.7 Å². The van der Waals surface area contributed by atoms with E-state index in [1.165, 1.54) is 17.9 Å². The maximum absolute atomic E-state index is 14.0. The van der Waals surface area contributed by atoms with E-state index in [-0.39, 0.29) is 23.0 Å². The largest absolute Gasteiger partial charge is 0.480 e. The molecule has 11 nitrogen and oxygen atoms in total. The molecule has 194 valence electrons. The molecule has 39 heavy (non-hydrogen) atoms. The SMILES string of the molecule is COc1cnc(C(=O)N[C@H](C)c2nc3cccc(C#Cc4cnn(C)c4)c3c(=O)n2-c2ccccc2)c(N)n1. The number of ether oxygens (including phenoxy) is 1. The van der Waals surface area contributed by atoms with Crippen molar-refractivity contribution in [3.8, 4) is 23.4 Å². The predicted molar refractivity (Wildman–Crippen MR) is 145 cm³/mol. The standard InChI is InChI=1S/C28H24N8O3/c1-17(32-27(37)24-25(29)34-22(39-3)15-30-24)26-33-21-11-7-8-19(13-12-18-14-31-35(2)16-18)23(21)28(38)36(26)20-9-5-4-6-10-20/h4-11,14-17H,1-3H3,(H2,29,34)(H,32,37)/t17-/m1/s1. The number of amides is 1. The average molecular weight is 521 g/mol.